The Labute approximate surface area is 113 Å². The minimum absolute atomic E-state index is 0.300. The number of carboxylic acid groups (broad SMARTS) is 1. The van der Waals surface area contributed by atoms with Crippen LogP contribution in [0.25, 0.3) is 0 Å². The van der Waals surface area contributed by atoms with Crippen molar-refractivity contribution >= 4 is 21.9 Å². The molecule has 1 aliphatic heterocycles. The van der Waals surface area contributed by atoms with E-state index >= 15 is 0 Å². The lowest BCUT2D eigenvalue weighted by Gasteiger charge is -2.20. The van der Waals surface area contributed by atoms with E-state index in [1.54, 1.807) is 6.07 Å². The number of halogens is 2. The Morgan fingerprint density at radius 2 is 2.33 bits per heavy atom. The van der Waals surface area contributed by atoms with E-state index in [-0.39, 0.29) is 5.82 Å². The van der Waals surface area contributed by atoms with Crippen molar-refractivity contribution in [2.75, 3.05) is 13.1 Å². The molecule has 1 aromatic rings. The summed E-state index contributed by atoms with van der Waals surface area (Å²) in [6.07, 6.45) is 0.432. The van der Waals surface area contributed by atoms with Gasteiger partial charge in [-0.25, -0.2) is 4.39 Å². The lowest BCUT2D eigenvalue weighted by atomic mass is 10.0. The van der Waals surface area contributed by atoms with Gasteiger partial charge < -0.3 is 10.8 Å². The van der Waals surface area contributed by atoms with Gasteiger partial charge in [-0.3, -0.25) is 9.69 Å². The zero-order chi connectivity index (χ0) is 13.3. The highest BCUT2D eigenvalue weighted by Crippen LogP contribution is 2.24. The average Bonchev–Trinajstić information content (AvgIpc) is 2.66. The van der Waals surface area contributed by atoms with Crippen LogP contribution in [0, 0.1) is 5.82 Å². The first-order chi connectivity index (χ1) is 8.40. The number of benzene rings is 1. The number of rotatable bonds is 3. The van der Waals surface area contributed by atoms with Gasteiger partial charge in [0.25, 0.3) is 0 Å². The van der Waals surface area contributed by atoms with E-state index in [9.17, 15) is 9.18 Å². The molecule has 98 valence electrons. The Hall–Kier alpha value is -0.980. The van der Waals surface area contributed by atoms with Crippen LogP contribution in [0.15, 0.2) is 22.7 Å². The number of hydrogen-bond donors (Lipinski definition) is 2. The van der Waals surface area contributed by atoms with Crippen molar-refractivity contribution in [1.82, 2.24) is 4.90 Å². The van der Waals surface area contributed by atoms with Crippen molar-refractivity contribution in [3.8, 4) is 0 Å². The molecule has 1 heterocycles. The summed E-state index contributed by atoms with van der Waals surface area (Å²) in [5.41, 5.74) is 5.56. The van der Waals surface area contributed by atoms with Gasteiger partial charge in [-0.1, -0.05) is 22.0 Å². The van der Waals surface area contributed by atoms with Crippen LogP contribution in [-0.2, 0) is 11.3 Å². The van der Waals surface area contributed by atoms with Crippen LogP contribution in [0.4, 0.5) is 4.39 Å². The number of hydrogen-bond acceptors (Lipinski definition) is 3. The maximum absolute atomic E-state index is 12.9. The first-order valence-corrected chi connectivity index (χ1v) is 6.38. The Morgan fingerprint density at radius 1 is 1.61 bits per heavy atom. The highest BCUT2D eigenvalue weighted by Gasteiger charge is 2.41. The fourth-order valence-corrected chi connectivity index (χ4v) is 2.59. The van der Waals surface area contributed by atoms with E-state index in [1.165, 1.54) is 12.1 Å². The molecule has 1 aliphatic rings. The number of carboxylic acids is 1. The fraction of sp³-hybridized carbons (Fsp3) is 0.417. The summed E-state index contributed by atoms with van der Waals surface area (Å²) in [6.45, 7) is 1.51. The van der Waals surface area contributed by atoms with Crippen molar-refractivity contribution < 1.29 is 14.3 Å². The van der Waals surface area contributed by atoms with Crippen molar-refractivity contribution in [2.24, 2.45) is 5.73 Å². The molecule has 4 nitrogen and oxygen atoms in total. The van der Waals surface area contributed by atoms with Gasteiger partial charge in [-0.15, -0.1) is 0 Å². The molecule has 1 fully saturated rings. The topological polar surface area (TPSA) is 66.6 Å². The van der Waals surface area contributed by atoms with Crippen molar-refractivity contribution in [3.05, 3.63) is 34.1 Å². The van der Waals surface area contributed by atoms with Gasteiger partial charge in [0.2, 0.25) is 0 Å². The van der Waals surface area contributed by atoms with Gasteiger partial charge in [0.15, 0.2) is 0 Å². The first kappa shape index (κ1) is 13.5. The molecule has 6 heteroatoms. The maximum Gasteiger partial charge on any atom is 0.325 e. The third-order valence-electron chi connectivity index (χ3n) is 3.21. The number of carbonyl (C=O) groups is 1. The monoisotopic (exact) mass is 316 g/mol. The summed E-state index contributed by atoms with van der Waals surface area (Å²) >= 11 is 3.30. The highest BCUT2D eigenvalue weighted by molar-refractivity contribution is 9.10. The minimum Gasteiger partial charge on any atom is -0.480 e. The summed E-state index contributed by atoms with van der Waals surface area (Å²) in [6, 6.07) is 4.48. The number of nitrogens with two attached hydrogens (primary N) is 1. The third-order valence-corrected chi connectivity index (χ3v) is 3.95. The van der Waals surface area contributed by atoms with E-state index in [4.69, 9.17) is 10.8 Å². The molecule has 1 atom stereocenters. The van der Waals surface area contributed by atoms with Gasteiger partial charge in [-0.2, -0.15) is 0 Å². The quantitative estimate of drug-likeness (QED) is 0.888. The molecule has 2 rings (SSSR count). The van der Waals surface area contributed by atoms with Crippen molar-refractivity contribution in [3.63, 3.8) is 0 Å². The van der Waals surface area contributed by atoms with Gasteiger partial charge in [0.1, 0.15) is 11.4 Å². The first-order valence-electron chi connectivity index (χ1n) is 5.59. The molecule has 3 N–H and O–H groups in total. The van der Waals surface area contributed by atoms with Crippen molar-refractivity contribution in [1.29, 1.82) is 0 Å². The van der Waals surface area contributed by atoms with Crippen LogP contribution in [0.3, 0.4) is 0 Å². The molecule has 0 aromatic heterocycles. The molecule has 18 heavy (non-hydrogen) atoms. The second-order valence-electron chi connectivity index (χ2n) is 4.66. The SMILES string of the molecule is NC1(C(=O)O)CCN(Cc2ccc(F)cc2Br)C1. The van der Waals surface area contributed by atoms with Crippen LogP contribution in [0.5, 0.6) is 0 Å². The smallest absolute Gasteiger partial charge is 0.325 e. The Kier molecular flexibility index (Phi) is 3.70. The molecule has 0 aliphatic carbocycles. The van der Waals surface area contributed by atoms with Crippen LogP contribution in [0.2, 0.25) is 0 Å². The van der Waals surface area contributed by atoms with Gasteiger partial charge in [0, 0.05) is 24.1 Å². The van der Waals surface area contributed by atoms with Gasteiger partial charge in [0.05, 0.1) is 0 Å². The predicted octanol–water partition coefficient (Wildman–Crippen LogP) is 1.58. The van der Waals surface area contributed by atoms with Crippen LogP contribution in [-0.4, -0.2) is 34.6 Å². The van der Waals surface area contributed by atoms with E-state index in [2.05, 4.69) is 15.9 Å². The summed E-state index contributed by atoms with van der Waals surface area (Å²) in [7, 11) is 0. The average molecular weight is 317 g/mol. The largest absolute Gasteiger partial charge is 0.480 e. The summed E-state index contributed by atoms with van der Waals surface area (Å²) in [5, 5.41) is 9.04. The minimum atomic E-state index is -1.16. The molecular formula is C12H14BrFN2O2. The molecule has 0 radical (unpaired) electrons. The molecule has 0 saturated carbocycles. The second-order valence-corrected chi connectivity index (χ2v) is 5.51. The molecular weight excluding hydrogens is 303 g/mol. The van der Waals surface area contributed by atoms with E-state index in [0.29, 0.717) is 30.5 Å². The molecule has 1 saturated heterocycles. The fourth-order valence-electron chi connectivity index (χ4n) is 2.12. The van der Waals surface area contributed by atoms with Crippen LogP contribution in [0.1, 0.15) is 12.0 Å². The third kappa shape index (κ3) is 2.71. The van der Waals surface area contributed by atoms with Crippen molar-refractivity contribution in [2.45, 2.75) is 18.5 Å². The Balaban J connectivity index is 2.06. The highest BCUT2D eigenvalue weighted by atomic mass is 79.9. The molecule has 0 bridgehead atoms. The zero-order valence-corrected chi connectivity index (χ0v) is 11.3. The normalized spacial score (nSPS) is 24.4. The summed E-state index contributed by atoms with van der Waals surface area (Å²) < 4.78 is 13.6. The second kappa shape index (κ2) is 4.95. The lowest BCUT2D eigenvalue weighted by molar-refractivity contribution is -0.142. The number of nitrogens with zero attached hydrogens (tertiary/aromatic N) is 1. The molecule has 1 aromatic carbocycles. The summed E-state index contributed by atoms with van der Waals surface area (Å²) in [4.78, 5) is 13.0. The maximum atomic E-state index is 12.9. The molecule has 0 spiro atoms. The Morgan fingerprint density at radius 3 is 2.89 bits per heavy atom. The van der Waals surface area contributed by atoms with E-state index in [1.807, 2.05) is 4.90 Å². The Bertz CT molecular complexity index is 483. The van der Waals surface area contributed by atoms with E-state index in [0.717, 1.165) is 5.56 Å². The number of aliphatic carboxylic acids is 1. The van der Waals surface area contributed by atoms with Crippen LogP contribution >= 0.6 is 15.9 Å². The van der Waals surface area contributed by atoms with Gasteiger partial charge >= 0.3 is 5.97 Å². The molecule has 0 amide bonds. The molecule has 1 unspecified atom stereocenters. The lowest BCUT2D eigenvalue weighted by Crippen LogP contribution is -2.50. The zero-order valence-electron chi connectivity index (χ0n) is 9.70. The summed E-state index contributed by atoms with van der Waals surface area (Å²) in [5.74, 6) is -1.27. The van der Waals surface area contributed by atoms with Crippen LogP contribution < -0.4 is 5.73 Å². The van der Waals surface area contributed by atoms with Gasteiger partial charge in [-0.05, 0) is 24.1 Å². The van der Waals surface area contributed by atoms with E-state index < -0.39 is 11.5 Å². The number of likely N-dealkylation sites (tertiary alicyclic amines) is 1. The standard InChI is InChI=1S/C12H14BrFN2O2/c13-10-5-9(14)2-1-8(10)6-16-4-3-12(15,7-16)11(17)18/h1-2,5H,3-4,6-7,15H2,(H,17,18). The predicted molar refractivity (Wildman–Crippen MR) is 68.5 cm³/mol.